The number of amides is 1. The standard InChI is InChI=1S/C27H31Cl2F3N4O/c1-5-18(6-2)35-9-11-36(12-10-35)26(37)19-7-8-21(28)20(24(19)29)15-23-33-25-16(3)13-17(27(30,31)32)14-22(25)34(23)4/h7-8,13-14,18H,5-6,9-12,15H2,1-4H3. The Bertz CT molecular complexity index is 1310. The minimum atomic E-state index is -4.45. The second-order valence-corrected chi connectivity index (χ2v) is 10.4. The van der Waals surface area contributed by atoms with Crippen LogP contribution in [0.25, 0.3) is 11.0 Å². The zero-order valence-corrected chi connectivity index (χ0v) is 22.9. The van der Waals surface area contributed by atoms with Crippen molar-refractivity contribution >= 4 is 40.1 Å². The normalized spacial score (nSPS) is 15.2. The van der Waals surface area contributed by atoms with Crippen LogP contribution in [0, 0.1) is 6.92 Å². The highest BCUT2D eigenvalue weighted by atomic mass is 35.5. The number of halogens is 5. The molecule has 0 spiro atoms. The van der Waals surface area contributed by atoms with Gasteiger partial charge in [0.05, 0.1) is 27.2 Å². The highest BCUT2D eigenvalue weighted by Crippen LogP contribution is 2.35. The Balaban J connectivity index is 1.61. The SMILES string of the molecule is CCC(CC)N1CCN(C(=O)c2ccc(Cl)c(Cc3nc4c(C)cc(C(F)(F)F)cc4n3C)c2Cl)CC1. The van der Waals surface area contributed by atoms with Crippen LogP contribution in [-0.2, 0) is 19.6 Å². The van der Waals surface area contributed by atoms with Gasteiger partial charge in [-0.15, -0.1) is 0 Å². The topological polar surface area (TPSA) is 41.4 Å². The number of fused-ring (bicyclic) bond motifs is 1. The Morgan fingerprint density at radius 2 is 1.73 bits per heavy atom. The van der Waals surface area contributed by atoms with Gasteiger partial charge in [0.1, 0.15) is 5.82 Å². The molecule has 37 heavy (non-hydrogen) atoms. The van der Waals surface area contributed by atoms with E-state index < -0.39 is 11.7 Å². The molecule has 1 aromatic heterocycles. The average molecular weight is 555 g/mol. The monoisotopic (exact) mass is 554 g/mol. The van der Waals surface area contributed by atoms with Crippen molar-refractivity contribution in [3.63, 3.8) is 0 Å². The molecule has 2 aromatic carbocycles. The van der Waals surface area contributed by atoms with E-state index >= 15 is 0 Å². The molecule has 1 saturated heterocycles. The van der Waals surface area contributed by atoms with Crippen molar-refractivity contribution < 1.29 is 18.0 Å². The number of hydrogen-bond acceptors (Lipinski definition) is 3. The Hall–Kier alpha value is -2.29. The van der Waals surface area contributed by atoms with Crippen LogP contribution in [0.3, 0.4) is 0 Å². The summed E-state index contributed by atoms with van der Waals surface area (Å²) in [5, 5.41) is 0.625. The van der Waals surface area contributed by atoms with Crippen molar-refractivity contribution in [1.29, 1.82) is 0 Å². The van der Waals surface area contributed by atoms with Crippen molar-refractivity contribution in [3.8, 4) is 0 Å². The fourth-order valence-corrected chi connectivity index (χ4v) is 5.76. The lowest BCUT2D eigenvalue weighted by atomic mass is 10.1. The molecule has 1 aliphatic rings. The molecule has 0 atom stereocenters. The first-order valence-electron chi connectivity index (χ1n) is 12.5. The van der Waals surface area contributed by atoms with Gasteiger partial charge in [0.15, 0.2) is 0 Å². The van der Waals surface area contributed by atoms with Crippen molar-refractivity contribution in [2.24, 2.45) is 7.05 Å². The van der Waals surface area contributed by atoms with E-state index in [0.717, 1.165) is 38.1 Å². The highest BCUT2D eigenvalue weighted by Gasteiger charge is 2.32. The number of benzene rings is 2. The molecule has 1 fully saturated rings. The lowest BCUT2D eigenvalue weighted by Gasteiger charge is -2.39. The molecular weight excluding hydrogens is 524 g/mol. The van der Waals surface area contributed by atoms with Crippen LogP contribution in [0.2, 0.25) is 10.0 Å². The van der Waals surface area contributed by atoms with E-state index in [1.54, 1.807) is 30.7 Å². The Kier molecular flexibility index (Phi) is 8.12. The van der Waals surface area contributed by atoms with Crippen LogP contribution in [0.15, 0.2) is 24.3 Å². The van der Waals surface area contributed by atoms with Crippen LogP contribution < -0.4 is 0 Å². The summed E-state index contributed by atoms with van der Waals surface area (Å²) in [6, 6.07) is 6.00. The summed E-state index contributed by atoms with van der Waals surface area (Å²) in [7, 11) is 1.67. The first-order valence-corrected chi connectivity index (χ1v) is 13.2. The molecule has 0 N–H and O–H groups in total. The number of nitrogens with zero attached hydrogens (tertiary/aromatic N) is 4. The number of carbonyl (C=O) groups is 1. The van der Waals surface area contributed by atoms with Crippen LogP contribution >= 0.6 is 23.2 Å². The summed E-state index contributed by atoms with van der Waals surface area (Å²) in [6.07, 6.45) is -2.12. The van der Waals surface area contributed by atoms with E-state index in [-0.39, 0.29) is 17.4 Å². The molecule has 0 saturated carbocycles. The molecule has 4 rings (SSSR count). The predicted octanol–water partition coefficient (Wildman–Crippen LogP) is 6.74. The van der Waals surface area contributed by atoms with Gasteiger partial charge >= 0.3 is 6.18 Å². The van der Waals surface area contributed by atoms with Gasteiger partial charge in [-0.3, -0.25) is 9.69 Å². The van der Waals surface area contributed by atoms with Crippen molar-refractivity contribution in [1.82, 2.24) is 19.4 Å². The molecule has 0 unspecified atom stereocenters. The van der Waals surface area contributed by atoms with Crippen LogP contribution in [0.1, 0.15) is 59.6 Å². The number of piperazine rings is 1. The minimum Gasteiger partial charge on any atom is -0.336 e. The number of aromatic nitrogens is 2. The van der Waals surface area contributed by atoms with Gasteiger partial charge in [-0.1, -0.05) is 37.0 Å². The number of carbonyl (C=O) groups excluding carboxylic acids is 1. The Labute approximate surface area is 225 Å². The largest absolute Gasteiger partial charge is 0.416 e. The van der Waals surface area contributed by atoms with Gasteiger partial charge in [0.25, 0.3) is 5.91 Å². The maximum absolute atomic E-state index is 13.4. The van der Waals surface area contributed by atoms with Crippen molar-refractivity contribution in [2.75, 3.05) is 26.2 Å². The summed E-state index contributed by atoms with van der Waals surface area (Å²) in [5.41, 5.74) is 1.46. The van der Waals surface area contributed by atoms with Gasteiger partial charge < -0.3 is 9.47 Å². The first-order chi connectivity index (χ1) is 17.5. The molecule has 0 aliphatic carbocycles. The number of alkyl halides is 3. The maximum atomic E-state index is 13.4. The molecule has 1 aliphatic heterocycles. The first kappa shape index (κ1) is 27.7. The lowest BCUT2D eigenvalue weighted by molar-refractivity contribution is -0.137. The van der Waals surface area contributed by atoms with Crippen LogP contribution in [0.5, 0.6) is 0 Å². The van der Waals surface area contributed by atoms with E-state index in [0.29, 0.717) is 57.7 Å². The van der Waals surface area contributed by atoms with E-state index in [2.05, 4.69) is 23.7 Å². The fourth-order valence-electron chi connectivity index (χ4n) is 5.18. The number of hydrogen-bond donors (Lipinski definition) is 0. The van der Waals surface area contributed by atoms with Gasteiger partial charge in [-0.2, -0.15) is 13.2 Å². The molecule has 0 radical (unpaired) electrons. The molecule has 10 heteroatoms. The quantitative estimate of drug-likeness (QED) is 0.338. The van der Waals surface area contributed by atoms with Gasteiger partial charge in [-0.05, 0) is 55.2 Å². The van der Waals surface area contributed by atoms with Crippen LogP contribution in [-0.4, -0.2) is 57.5 Å². The second-order valence-electron chi connectivity index (χ2n) is 9.61. The lowest BCUT2D eigenvalue weighted by Crippen LogP contribution is -2.51. The van der Waals surface area contributed by atoms with Crippen molar-refractivity contribution in [2.45, 2.75) is 52.3 Å². The summed E-state index contributed by atoms with van der Waals surface area (Å²) >= 11 is 13.2. The number of imidazole rings is 1. The number of aryl methyl sites for hydroxylation is 2. The molecule has 3 aromatic rings. The minimum absolute atomic E-state index is 0.150. The highest BCUT2D eigenvalue weighted by molar-refractivity contribution is 6.38. The Morgan fingerprint density at radius 1 is 1.08 bits per heavy atom. The third-order valence-corrected chi connectivity index (χ3v) is 8.19. The Morgan fingerprint density at radius 3 is 2.32 bits per heavy atom. The molecule has 0 bridgehead atoms. The third kappa shape index (κ3) is 5.47. The molecule has 2 heterocycles. The molecular formula is C27H31Cl2F3N4O. The number of rotatable bonds is 6. The van der Waals surface area contributed by atoms with Gasteiger partial charge in [-0.25, -0.2) is 4.98 Å². The zero-order chi connectivity index (χ0) is 27.1. The van der Waals surface area contributed by atoms with Crippen molar-refractivity contribution in [3.05, 3.63) is 62.4 Å². The van der Waals surface area contributed by atoms with E-state index in [1.165, 1.54) is 0 Å². The summed E-state index contributed by atoms with van der Waals surface area (Å²) < 4.78 is 41.7. The third-order valence-electron chi connectivity index (χ3n) is 7.41. The maximum Gasteiger partial charge on any atom is 0.416 e. The fraction of sp³-hybridized carbons (Fsp3) is 0.481. The molecule has 5 nitrogen and oxygen atoms in total. The molecule has 1 amide bonds. The smallest absolute Gasteiger partial charge is 0.336 e. The second kappa shape index (κ2) is 10.8. The summed E-state index contributed by atoms with van der Waals surface area (Å²) in [5.74, 6) is 0.354. The van der Waals surface area contributed by atoms with E-state index in [4.69, 9.17) is 23.2 Å². The van der Waals surface area contributed by atoms with E-state index in [1.807, 2.05) is 4.90 Å². The average Bonchev–Trinajstić information content (AvgIpc) is 3.18. The van der Waals surface area contributed by atoms with Gasteiger partial charge in [0, 0.05) is 50.7 Å². The predicted molar refractivity (Wildman–Crippen MR) is 142 cm³/mol. The summed E-state index contributed by atoms with van der Waals surface area (Å²) in [4.78, 5) is 22.2. The van der Waals surface area contributed by atoms with Crippen LogP contribution in [0.4, 0.5) is 13.2 Å². The van der Waals surface area contributed by atoms with E-state index in [9.17, 15) is 18.0 Å². The summed E-state index contributed by atoms with van der Waals surface area (Å²) in [6.45, 7) is 8.84. The zero-order valence-electron chi connectivity index (χ0n) is 21.4. The van der Waals surface area contributed by atoms with Gasteiger partial charge in [0.2, 0.25) is 0 Å². The molecule has 200 valence electrons.